The minimum Gasteiger partial charge on any atom is -0.486 e. The molecule has 1 aliphatic carbocycles. The number of carbonyl (C=O) groups is 1. The molecule has 0 unspecified atom stereocenters. The van der Waals surface area contributed by atoms with Gasteiger partial charge in [0.15, 0.2) is 11.7 Å². The maximum absolute atomic E-state index is 11.7. The molecule has 7 nitrogen and oxygen atoms in total. The summed E-state index contributed by atoms with van der Waals surface area (Å²) < 4.78 is 17.2. The number of aryl methyl sites for hydroxylation is 2. The topological polar surface area (TPSA) is 81.2 Å². The molecule has 0 amide bonds. The third-order valence-electron chi connectivity index (χ3n) is 6.52. The Morgan fingerprint density at radius 1 is 1.14 bits per heavy atom. The first-order valence-corrected chi connectivity index (χ1v) is 12.6. The molecule has 0 bridgehead atoms. The zero-order valence-corrected chi connectivity index (χ0v) is 21.4. The van der Waals surface area contributed by atoms with Crippen LogP contribution in [-0.4, -0.2) is 35.6 Å². The van der Waals surface area contributed by atoms with Crippen molar-refractivity contribution in [3.8, 4) is 11.5 Å². The van der Waals surface area contributed by atoms with Crippen LogP contribution < -0.4 is 20.2 Å². The van der Waals surface area contributed by atoms with E-state index < -0.39 is 5.97 Å². The largest absolute Gasteiger partial charge is 0.486 e. The number of benzene rings is 2. The number of nitrogens with one attached hydrogen (secondary N) is 2. The molecule has 2 N–H and O–H groups in total. The van der Waals surface area contributed by atoms with Crippen LogP contribution in [0, 0.1) is 13.8 Å². The first-order valence-electron chi connectivity index (χ1n) is 12.2. The lowest BCUT2D eigenvalue weighted by atomic mass is 9.78. The molecule has 0 aromatic heterocycles. The second kappa shape index (κ2) is 11.1. The molecule has 2 aromatic rings. The van der Waals surface area contributed by atoms with Crippen LogP contribution in [0.25, 0.3) is 0 Å². The summed E-state index contributed by atoms with van der Waals surface area (Å²) in [6.45, 7) is 6.03. The number of rotatable bonds is 6. The van der Waals surface area contributed by atoms with Crippen molar-refractivity contribution in [2.45, 2.75) is 64.9 Å². The Hall–Kier alpha value is -3.13. The van der Waals surface area contributed by atoms with Gasteiger partial charge in [-0.15, -0.1) is 0 Å². The minimum absolute atomic E-state index is 0.147. The fraction of sp³-hybridized carbons (Fsp3) is 0.444. The minimum atomic E-state index is -0.402. The molecule has 35 heavy (non-hydrogen) atoms. The zero-order valence-electron chi connectivity index (χ0n) is 20.6. The molecule has 186 valence electrons. The van der Waals surface area contributed by atoms with Crippen molar-refractivity contribution in [2.24, 2.45) is 5.10 Å². The quantitative estimate of drug-likeness (QED) is 0.315. The van der Waals surface area contributed by atoms with Crippen LogP contribution in [0.5, 0.6) is 11.5 Å². The van der Waals surface area contributed by atoms with Gasteiger partial charge in [-0.05, 0) is 88.0 Å². The number of ether oxygens (including phenoxy) is 3. The van der Waals surface area contributed by atoms with Crippen molar-refractivity contribution in [2.75, 3.05) is 18.5 Å². The van der Waals surface area contributed by atoms with E-state index in [1.165, 1.54) is 6.42 Å². The number of thiocarbonyl (C=S) groups is 1. The predicted octanol–water partition coefficient (Wildman–Crippen LogP) is 5.42. The van der Waals surface area contributed by atoms with Crippen LogP contribution in [0.1, 0.15) is 62.1 Å². The molecule has 8 heteroatoms. The van der Waals surface area contributed by atoms with Gasteiger partial charge in [0.05, 0.1) is 12.3 Å². The van der Waals surface area contributed by atoms with E-state index in [0.717, 1.165) is 59.5 Å². The van der Waals surface area contributed by atoms with Gasteiger partial charge in [0.2, 0.25) is 0 Å². The number of esters is 1. The third kappa shape index (κ3) is 6.11. The Balaban J connectivity index is 1.56. The van der Waals surface area contributed by atoms with Crippen molar-refractivity contribution in [3.05, 3.63) is 53.1 Å². The van der Waals surface area contributed by atoms with Crippen LogP contribution in [-0.2, 0) is 9.53 Å². The third-order valence-corrected chi connectivity index (χ3v) is 6.71. The van der Waals surface area contributed by atoms with Gasteiger partial charge in [-0.3, -0.25) is 5.43 Å². The van der Waals surface area contributed by atoms with Crippen molar-refractivity contribution < 1.29 is 19.0 Å². The van der Waals surface area contributed by atoms with Crippen LogP contribution in [0.2, 0.25) is 0 Å². The number of nitrogens with zero attached hydrogens (tertiary/aromatic N) is 1. The molecule has 2 aromatic carbocycles. The van der Waals surface area contributed by atoms with Crippen molar-refractivity contribution in [1.29, 1.82) is 0 Å². The van der Waals surface area contributed by atoms with E-state index in [1.54, 1.807) is 6.92 Å². The monoisotopic (exact) mass is 495 g/mol. The molecule has 2 aliphatic rings. The second-order valence-electron chi connectivity index (χ2n) is 9.17. The molecule has 1 saturated carbocycles. The number of carbonyl (C=O) groups excluding carboxylic acids is 1. The molecule has 0 atom stereocenters. The summed E-state index contributed by atoms with van der Waals surface area (Å²) >= 11 is 5.55. The lowest BCUT2D eigenvalue weighted by Gasteiger charge is -2.41. The highest BCUT2D eigenvalue weighted by Gasteiger charge is 2.40. The molecular weight excluding hydrogens is 462 g/mol. The number of hydrogen-bond donors (Lipinski definition) is 2. The lowest BCUT2D eigenvalue weighted by molar-refractivity contribution is -0.145. The van der Waals surface area contributed by atoms with Crippen molar-refractivity contribution >= 4 is 34.7 Å². The van der Waals surface area contributed by atoms with Crippen molar-refractivity contribution in [1.82, 2.24) is 5.43 Å². The van der Waals surface area contributed by atoms with Gasteiger partial charge in [-0.1, -0.05) is 24.6 Å². The normalized spacial score (nSPS) is 17.3. The van der Waals surface area contributed by atoms with Crippen LogP contribution in [0.3, 0.4) is 0 Å². The average Bonchev–Trinajstić information content (AvgIpc) is 2.84. The standard InChI is InChI=1S/C27H33N3O4S/c1-4-32-24(31)17-33-20-11-12-23-21(15-20)22(16-27(34-23)13-6-5-7-14-27)29-30-26(35)28-25-18(2)9-8-10-19(25)3/h8-12,15H,4-7,13-14,16-17H2,1-3H3,(H2,28,30,35)/b29-22+. The summed E-state index contributed by atoms with van der Waals surface area (Å²) in [6.07, 6.45) is 6.19. The van der Waals surface area contributed by atoms with Gasteiger partial charge in [0.25, 0.3) is 0 Å². The Morgan fingerprint density at radius 3 is 2.60 bits per heavy atom. The molecule has 4 rings (SSSR count). The number of hydrogen-bond acceptors (Lipinski definition) is 6. The Bertz CT molecular complexity index is 1110. The fourth-order valence-corrected chi connectivity index (χ4v) is 4.92. The maximum atomic E-state index is 11.7. The summed E-state index contributed by atoms with van der Waals surface area (Å²) in [7, 11) is 0. The highest BCUT2D eigenvalue weighted by molar-refractivity contribution is 7.80. The van der Waals surface area contributed by atoms with Gasteiger partial charge in [-0.2, -0.15) is 5.10 Å². The molecule has 0 saturated heterocycles. The fourth-order valence-electron chi connectivity index (χ4n) is 4.77. The molecular formula is C27H33N3O4S. The van der Waals surface area contributed by atoms with E-state index in [1.807, 2.05) is 50.2 Å². The van der Waals surface area contributed by atoms with E-state index in [4.69, 9.17) is 31.5 Å². The van der Waals surface area contributed by atoms with E-state index in [0.29, 0.717) is 23.9 Å². The first-order chi connectivity index (χ1) is 16.9. The Kier molecular flexibility index (Phi) is 7.90. The van der Waals surface area contributed by atoms with E-state index in [9.17, 15) is 4.79 Å². The number of hydrazone groups is 1. The highest BCUT2D eigenvalue weighted by atomic mass is 32.1. The summed E-state index contributed by atoms with van der Waals surface area (Å²) in [5, 5.41) is 8.43. The van der Waals surface area contributed by atoms with Crippen LogP contribution in [0.4, 0.5) is 5.69 Å². The second-order valence-corrected chi connectivity index (χ2v) is 9.57. The van der Waals surface area contributed by atoms with Gasteiger partial charge in [-0.25, -0.2) is 4.79 Å². The highest BCUT2D eigenvalue weighted by Crippen LogP contribution is 2.43. The van der Waals surface area contributed by atoms with Crippen LogP contribution in [0.15, 0.2) is 41.5 Å². The summed E-state index contributed by atoms with van der Waals surface area (Å²) in [6, 6.07) is 11.7. The molecule has 1 heterocycles. The van der Waals surface area contributed by atoms with Gasteiger partial charge >= 0.3 is 5.97 Å². The van der Waals surface area contributed by atoms with Gasteiger partial charge < -0.3 is 19.5 Å². The van der Waals surface area contributed by atoms with E-state index in [-0.39, 0.29) is 12.2 Å². The predicted molar refractivity (Wildman–Crippen MR) is 141 cm³/mol. The number of para-hydroxylation sites is 1. The summed E-state index contributed by atoms with van der Waals surface area (Å²) in [5.41, 5.74) is 7.70. The summed E-state index contributed by atoms with van der Waals surface area (Å²) in [5.74, 6) is 0.931. The zero-order chi connectivity index (χ0) is 24.8. The Morgan fingerprint density at radius 2 is 1.89 bits per heavy atom. The SMILES string of the molecule is CCOC(=O)COc1ccc2c(c1)/C(=N/NC(=S)Nc1c(C)cccc1C)CC1(CCCCC1)O2. The first kappa shape index (κ1) is 25.0. The van der Waals surface area contributed by atoms with Gasteiger partial charge in [0, 0.05) is 17.7 Å². The van der Waals surface area contributed by atoms with Crippen molar-refractivity contribution in [3.63, 3.8) is 0 Å². The maximum Gasteiger partial charge on any atom is 0.344 e. The lowest BCUT2D eigenvalue weighted by Crippen LogP contribution is -2.44. The molecule has 0 radical (unpaired) electrons. The smallest absolute Gasteiger partial charge is 0.344 e. The molecule has 1 aliphatic heterocycles. The number of fused-ring (bicyclic) bond motifs is 1. The molecule has 1 fully saturated rings. The van der Waals surface area contributed by atoms with E-state index >= 15 is 0 Å². The van der Waals surface area contributed by atoms with Gasteiger partial charge in [0.1, 0.15) is 17.1 Å². The summed E-state index contributed by atoms with van der Waals surface area (Å²) in [4.78, 5) is 11.7. The molecule has 1 spiro atoms. The van der Waals surface area contributed by atoms with E-state index in [2.05, 4.69) is 10.7 Å². The average molecular weight is 496 g/mol. The number of anilines is 1. The van der Waals surface area contributed by atoms with Crippen LogP contribution >= 0.6 is 12.2 Å². The Labute approximate surface area is 212 Å².